The lowest BCUT2D eigenvalue weighted by molar-refractivity contribution is 0.0600. The molecule has 2 aromatic carbocycles. The number of ether oxygens (including phenoxy) is 4. The van der Waals surface area contributed by atoms with Crippen molar-refractivity contribution in [3.8, 4) is 17.2 Å². The van der Waals surface area contributed by atoms with Gasteiger partial charge in [0, 0.05) is 6.42 Å². The van der Waals surface area contributed by atoms with Crippen LogP contribution in [-0.4, -0.2) is 26.3 Å². The van der Waals surface area contributed by atoms with Crippen molar-refractivity contribution in [1.29, 1.82) is 0 Å². The van der Waals surface area contributed by atoms with E-state index in [-0.39, 0.29) is 5.97 Å². The van der Waals surface area contributed by atoms with Gasteiger partial charge in [0.2, 0.25) is 0 Å². The van der Waals surface area contributed by atoms with Gasteiger partial charge in [-0.3, -0.25) is 0 Å². The number of benzene rings is 2. The van der Waals surface area contributed by atoms with Crippen LogP contribution in [0.2, 0.25) is 5.02 Å². The predicted molar refractivity (Wildman–Crippen MR) is 89.2 cm³/mol. The molecule has 2 aromatic rings. The Hall–Kier alpha value is -2.40. The zero-order chi connectivity index (χ0) is 16.9. The van der Waals surface area contributed by atoms with Crippen molar-refractivity contribution in [2.45, 2.75) is 13.0 Å². The molecule has 0 bridgehead atoms. The summed E-state index contributed by atoms with van der Waals surface area (Å²) in [6, 6.07) is 10.4. The van der Waals surface area contributed by atoms with Crippen LogP contribution < -0.4 is 14.2 Å². The highest BCUT2D eigenvalue weighted by molar-refractivity contribution is 6.32. The van der Waals surface area contributed by atoms with E-state index >= 15 is 0 Å². The molecular formula is C18H17ClO5. The number of hydrogen-bond donors (Lipinski definition) is 0. The molecule has 1 aliphatic rings. The molecule has 0 radical (unpaired) electrons. The first-order valence-corrected chi connectivity index (χ1v) is 7.94. The van der Waals surface area contributed by atoms with Crippen molar-refractivity contribution in [2.24, 2.45) is 0 Å². The van der Waals surface area contributed by atoms with Gasteiger partial charge in [0.05, 0.1) is 30.9 Å². The lowest BCUT2D eigenvalue weighted by Crippen LogP contribution is -2.01. The van der Waals surface area contributed by atoms with Crippen LogP contribution in [0.1, 0.15) is 22.3 Å². The Bertz CT molecular complexity index is 727. The fourth-order valence-electron chi connectivity index (χ4n) is 2.34. The molecule has 0 aromatic heterocycles. The van der Waals surface area contributed by atoms with Crippen molar-refractivity contribution >= 4 is 17.6 Å². The smallest absolute Gasteiger partial charge is 0.337 e. The summed E-state index contributed by atoms with van der Waals surface area (Å²) in [5.74, 6) is 1.49. The quantitative estimate of drug-likeness (QED) is 0.785. The fraction of sp³-hybridized carbons (Fsp3) is 0.278. The van der Waals surface area contributed by atoms with Crippen LogP contribution in [0.25, 0.3) is 0 Å². The highest BCUT2D eigenvalue weighted by Gasteiger charge is 2.15. The molecule has 0 aliphatic carbocycles. The average molecular weight is 349 g/mol. The molecule has 0 N–H and O–H groups in total. The minimum Gasteiger partial charge on any atom is -0.489 e. The summed E-state index contributed by atoms with van der Waals surface area (Å²) in [7, 11) is 1.35. The second-order valence-corrected chi connectivity index (χ2v) is 5.67. The van der Waals surface area contributed by atoms with Crippen LogP contribution in [-0.2, 0) is 11.3 Å². The molecule has 0 saturated heterocycles. The van der Waals surface area contributed by atoms with Gasteiger partial charge in [0.15, 0.2) is 11.5 Å². The summed E-state index contributed by atoms with van der Waals surface area (Å²) in [5, 5.41) is 0.508. The van der Waals surface area contributed by atoms with Gasteiger partial charge in [-0.1, -0.05) is 11.6 Å². The Morgan fingerprint density at radius 2 is 1.92 bits per heavy atom. The Morgan fingerprint density at radius 3 is 2.67 bits per heavy atom. The zero-order valence-electron chi connectivity index (χ0n) is 13.2. The van der Waals surface area contributed by atoms with E-state index in [9.17, 15) is 4.79 Å². The molecule has 6 heteroatoms. The van der Waals surface area contributed by atoms with Crippen LogP contribution in [0.3, 0.4) is 0 Å². The highest BCUT2D eigenvalue weighted by atomic mass is 35.5. The summed E-state index contributed by atoms with van der Waals surface area (Å²) >= 11 is 6.26. The van der Waals surface area contributed by atoms with Gasteiger partial charge in [0.1, 0.15) is 12.4 Å². The van der Waals surface area contributed by atoms with E-state index in [4.69, 9.17) is 25.8 Å². The zero-order valence-corrected chi connectivity index (χ0v) is 14.0. The topological polar surface area (TPSA) is 54.0 Å². The minimum absolute atomic E-state index is 0.327. The molecule has 1 aliphatic heterocycles. The number of fused-ring (bicyclic) bond motifs is 1. The fourth-order valence-corrected chi connectivity index (χ4v) is 2.63. The average Bonchev–Trinajstić information content (AvgIpc) is 2.85. The number of halogens is 1. The Labute approximate surface area is 145 Å². The van der Waals surface area contributed by atoms with E-state index in [2.05, 4.69) is 4.74 Å². The van der Waals surface area contributed by atoms with Gasteiger partial charge in [-0.05, 0) is 42.0 Å². The van der Waals surface area contributed by atoms with Gasteiger partial charge < -0.3 is 18.9 Å². The monoisotopic (exact) mass is 348 g/mol. The van der Waals surface area contributed by atoms with Crippen molar-refractivity contribution in [1.82, 2.24) is 0 Å². The summed E-state index contributed by atoms with van der Waals surface area (Å²) in [5.41, 5.74) is 1.35. The third-order valence-electron chi connectivity index (χ3n) is 3.54. The number of hydrogen-bond acceptors (Lipinski definition) is 5. The number of esters is 1. The molecule has 0 unspecified atom stereocenters. The predicted octanol–water partition coefficient (Wildman–Crippen LogP) is 3.87. The van der Waals surface area contributed by atoms with Crippen LogP contribution in [0, 0.1) is 0 Å². The Morgan fingerprint density at radius 1 is 1.17 bits per heavy atom. The van der Waals surface area contributed by atoms with Gasteiger partial charge in [-0.2, -0.15) is 0 Å². The third-order valence-corrected chi connectivity index (χ3v) is 3.82. The van der Waals surface area contributed by atoms with Crippen LogP contribution in [0.5, 0.6) is 17.2 Å². The molecule has 0 spiro atoms. The van der Waals surface area contributed by atoms with E-state index in [1.54, 1.807) is 30.3 Å². The van der Waals surface area contributed by atoms with E-state index in [0.29, 0.717) is 47.7 Å². The van der Waals surface area contributed by atoms with Crippen molar-refractivity contribution in [3.05, 3.63) is 52.5 Å². The first-order valence-electron chi connectivity index (χ1n) is 7.56. The highest BCUT2D eigenvalue weighted by Crippen LogP contribution is 2.38. The standard InChI is InChI=1S/C18H17ClO5/c1-21-18(20)13-3-5-14(6-4-13)24-11-12-9-15(19)17-16(10-12)22-7-2-8-23-17/h3-6,9-10H,2,7-8,11H2,1H3. The molecule has 1 heterocycles. The first-order chi connectivity index (χ1) is 11.7. The normalized spacial score (nSPS) is 13.1. The first kappa shape index (κ1) is 16.5. The molecule has 0 fully saturated rings. The molecule has 0 atom stereocenters. The number of carbonyl (C=O) groups excluding carboxylic acids is 1. The summed E-state index contributed by atoms with van der Waals surface area (Å²) in [6.45, 7) is 1.52. The summed E-state index contributed by atoms with van der Waals surface area (Å²) in [6.07, 6.45) is 0.823. The molecule has 126 valence electrons. The minimum atomic E-state index is -0.378. The third kappa shape index (κ3) is 3.74. The second kappa shape index (κ2) is 7.45. The SMILES string of the molecule is COC(=O)c1ccc(OCc2cc(Cl)c3c(c2)OCCCO3)cc1. The number of rotatable bonds is 4. The molecular weight excluding hydrogens is 332 g/mol. The largest absolute Gasteiger partial charge is 0.489 e. The van der Waals surface area contributed by atoms with Gasteiger partial charge >= 0.3 is 5.97 Å². The van der Waals surface area contributed by atoms with Gasteiger partial charge in [-0.15, -0.1) is 0 Å². The molecule has 5 nitrogen and oxygen atoms in total. The van der Waals surface area contributed by atoms with E-state index in [0.717, 1.165) is 12.0 Å². The Kier molecular flexibility index (Phi) is 5.11. The van der Waals surface area contributed by atoms with Crippen molar-refractivity contribution < 1.29 is 23.7 Å². The van der Waals surface area contributed by atoms with Gasteiger partial charge in [0.25, 0.3) is 0 Å². The van der Waals surface area contributed by atoms with Gasteiger partial charge in [-0.25, -0.2) is 4.79 Å². The van der Waals surface area contributed by atoms with Crippen LogP contribution in [0.15, 0.2) is 36.4 Å². The molecule has 3 rings (SSSR count). The van der Waals surface area contributed by atoms with Crippen LogP contribution >= 0.6 is 11.6 Å². The van der Waals surface area contributed by atoms with E-state index < -0.39 is 0 Å². The summed E-state index contributed by atoms with van der Waals surface area (Å²) in [4.78, 5) is 11.4. The number of methoxy groups -OCH3 is 1. The maximum absolute atomic E-state index is 11.4. The Balaban J connectivity index is 1.69. The lowest BCUT2D eigenvalue weighted by atomic mass is 10.2. The van der Waals surface area contributed by atoms with Crippen molar-refractivity contribution in [3.63, 3.8) is 0 Å². The van der Waals surface area contributed by atoms with Crippen LogP contribution in [0.4, 0.5) is 0 Å². The van der Waals surface area contributed by atoms with E-state index in [1.165, 1.54) is 7.11 Å². The maximum Gasteiger partial charge on any atom is 0.337 e. The molecule has 0 saturated carbocycles. The lowest BCUT2D eigenvalue weighted by Gasteiger charge is -2.12. The molecule has 24 heavy (non-hydrogen) atoms. The number of carbonyl (C=O) groups is 1. The van der Waals surface area contributed by atoms with Crippen molar-refractivity contribution in [2.75, 3.05) is 20.3 Å². The summed E-state index contributed by atoms with van der Waals surface area (Å²) < 4.78 is 21.7. The van der Waals surface area contributed by atoms with E-state index in [1.807, 2.05) is 6.07 Å². The maximum atomic E-state index is 11.4. The second-order valence-electron chi connectivity index (χ2n) is 5.26. The molecule has 0 amide bonds.